The maximum absolute atomic E-state index is 11.1. The Morgan fingerprint density at radius 2 is 1.77 bits per heavy atom. The van der Waals surface area contributed by atoms with Gasteiger partial charge in [0.05, 0.1) is 4.92 Å². The fraction of sp³-hybridized carbons (Fsp3) is 0.286. The van der Waals surface area contributed by atoms with Crippen LogP contribution in [-0.4, -0.2) is 41.1 Å². The van der Waals surface area contributed by atoms with Crippen LogP contribution in [0.3, 0.4) is 0 Å². The lowest BCUT2D eigenvalue weighted by atomic mass is 10.2. The minimum atomic E-state index is -0.341. The predicted molar refractivity (Wildman–Crippen MR) is 84.6 cm³/mol. The van der Waals surface area contributed by atoms with Crippen molar-refractivity contribution in [1.82, 2.24) is 9.97 Å². The van der Waals surface area contributed by atoms with E-state index in [0.717, 1.165) is 18.9 Å². The standard InChI is InChI=1S/C14H14ClN5O2/c15-14-16-6-5-13(17-14)19-9-7-18(8-10-19)11-3-1-2-4-12(11)20(21)22/h1-6H,7-10H2. The maximum Gasteiger partial charge on any atom is 0.292 e. The van der Waals surface area contributed by atoms with Gasteiger partial charge in [-0.05, 0) is 23.7 Å². The number of para-hydroxylation sites is 2. The molecule has 1 fully saturated rings. The number of benzene rings is 1. The minimum Gasteiger partial charge on any atom is -0.362 e. The predicted octanol–water partition coefficient (Wildman–Crippen LogP) is 2.36. The Balaban J connectivity index is 1.73. The summed E-state index contributed by atoms with van der Waals surface area (Å²) in [5.41, 5.74) is 0.800. The smallest absolute Gasteiger partial charge is 0.292 e. The van der Waals surface area contributed by atoms with Crippen LogP contribution in [0.1, 0.15) is 0 Å². The molecule has 1 saturated heterocycles. The Labute approximate surface area is 132 Å². The van der Waals surface area contributed by atoms with E-state index in [-0.39, 0.29) is 15.9 Å². The van der Waals surface area contributed by atoms with Gasteiger partial charge in [-0.1, -0.05) is 12.1 Å². The number of nitro benzene ring substituents is 1. The number of nitro groups is 1. The van der Waals surface area contributed by atoms with Gasteiger partial charge in [0.25, 0.3) is 5.69 Å². The van der Waals surface area contributed by atoms with Crippen molar-refractivity contribution in [3.63, 3.8) is 0 Å². The molecular weight excluding hydrogens is 306 g/mol. The highest BCUT2D eigenvalue weighted by Crippen LogP contribution is 2.28. The largest absolute Gasteiger partial charge is 0.362 e. The van der Waals surface area contributed by atoms with Crippen molar-refractivity contribution in [2.75, 3.05) is 36.0 Å². The molecule has 1 aliphatic heterocycles. The third-order valence-corrected chi connectivity index (χ3v) is 3.82. The molecule has 2 heterocycles. The van der Waals surface area contributed by atoms with Crippen molar-refractivity contribution < 1.29 is 4.92 Å². The van der Waals surface area contributed by atoms with E-state index in [0.29, 0.717) is 18.8 Å². The number of piperazine rings is 1. The number of halogens is 1. The average Bonchev–Trinajstić information content (AvgIpc) is 2.55. The molecule has 3 rings (SSSR count). The van der Waals surface area contributed by atoms with Gasteiger partial charge in [0, 0.05) is 38.4 Å². The van der Waals surface area contributed by atoms with Crippen molar-refractivity contribution >= 4 is 28.8 Å². The van der Waals surface area contributed by atoms with Crippen LogP contribution in [0.5, 0.6) is 0 Å². The van der Waals surface area contributed by atoms with E-state index in [1.54, 1.807) is 18.3 Å². The molecular formula is C14H14ClN5O2. The molecule has 1 aromatic carbocycles. The van der Waals surface area contributed by atoms with Crippen molar-refractivity contribution in [3.8, 4) is 0 Å². The zero-order chi connectivity index (χ0) is 15.5. The topological polar surface area (TPSA) is 75.4 Å². The van der Waals surface area contributed by atoms with E-state index in [9.17, 15) is 10.1 Å². The summed E-state index contributed by atoms with van der Waals surface area (Å²) in [5.74, 6) is 0.780. The molecule has 0 unspecified atom stereocenters. The van der Waals surface area contributed by atoms with Crippen LogP contribution >= 0.6 is 11.6 Å². The van der Waals surface area contributed by atoms with Crippen molar-refractivity contribution in [1.29, 1.82) is 0 Å². The molecule has 114 valence electrons. The van der Waals surface area contributed by atoms with E-state index in [2.05, 4.69) is 14.9 Å². The Bertz CT molecular complexity index is 688. The Kier molecular flexibility index (Phi) is 4.06. The molecule has 8 heteroatoms. The van der Waals surface area contributed by atoms with E-state index >= 15 is 0 Å². The normalized spacial score (nSPS) is 15.0. The summed E-state index contributed by atoms with van der Waals surface area (Å²) in [6.45, 7) is 2.82. The highest BCUT2D eigenvalue weighted by atomic mass is 35.5. The third-order valence-electron chi connectivity index (χ3n) is 3.63. The van der Waals surface area contributed by atoms with Gasteiger partial charge < -0.3 is 9.80 Å². The molecule has 0 radical (unpaired) electrons. The first-order valence-corrected chi connectivity index (χ1v) is 7.25. The molecule has 0 bridgehead atoms. The molecule has 2 aromatic rings. The molecule has 0 saturated carbocycles. The van der Waals surface area contributed by atoms with Crippen LogP contribution in [-0.2, 0) is 0 Å². The lowest BCUT2D eigenvalue weighted by molar-refractivity contribution is -0.384. The van der Waals surface area contributed by atoms with Crippen molar-refractivity contribution in [2.24, 2.45) is 0 Å². The summed E-state index contributed by atoms with van der Waals surface area (Å²) in [6.07, 6.45) is 1.62. The first-order valence-electron chi connectivity index (χ1n) is 6.87. The zero-order valence-corrected chi connectivity index (χ0v) is 12.5. The maximum atomic E-state index is 11.1. The Morgan fingerprint density at radius 3 is 2.45 bits per heavy atom. The minimum absolute atomic E-state index is 0.140. The highest BCUT2D eigenvalue weighted by Gasteiger charge is 2.23. The van der Waals surface area contributed by atoms with Gasteiger partial charge in [-0.15, -0.1) is 0 Å². The third kappa shape index (κ3) is 2.94. The molecule has 1 aliphatic rings. The summed E-state index contributed by atoms with van der Waals surface area (Å²) < 4.78 is 0. The number of nitrogens with zero attached hydrogens (tertiary/aromatic N) is 5. The van der Waals surface area contributed by atoms with Crippen LogP contribution in [0, 0.1) is 10.1 Å². The molecule has 22 heavy (non-hydrogen) atoms. The number of anilines is 2. The number of hydrogen-bond acceptors (Lipinski definition) is 6. The Hall–Kier alpha value is -2.41. The van der Waals surface area contributed by atoms with Crippen LogP contribution < -0.4 is 9.80 Å². The quantitative estimate of drug-likeness (QED) is 0.491. The average molecular weight is 320 g/mol. The SMILES string of the molecule is O=[N+]([O-])c1ccccc1N1CCN(c2ccnc(Cl)n2)CC1. The molecule has 0 aliphatic carbocycles. The Morgan fingerprint density at radius 1 is 1.09 bits per heavy atom. The van der Waals surface area contributed by atoms with E-state index < -0.39 is 0 Å². The number of rotatable bonds is 3. The zero-order valence-electron chi connectivity index (χ0n) is 11.7. The van der Waals surface area contributed by atoms with Crippen LogP contribution in [0.15, 0.2) is 36.5 Å². The summed E-state index contributed by atoms with van der Waals surface area (Å²) in [4.78, 5) is 23.0. The van der Waals surface area contributed by atoms with Gasteiger partial charge in [-0.3, -0.25) is 10.1 Å². The number of hydrogen-bond donors (Lipinski definition) is 0. The monoisotopic (exact) mass is 319 g/mol. The summed E-state index contributed by atoms with van der Waals surface area (Å²) in [5, 5.41) is 11.3. The second-order valence-corrected chi connectivity index (χ2v) is 5.24. The van der Waals surface area contributed by atoms with E-state index in [4.69, 9.17) is 11.6 Å². The van der Waals surface area contributed by atoms with Gasteiger partial charge in [0.1, 0.15) is 11.5 Å². The molecule has 0 N–H and O–H groups in total. The molecule has 7 nitrogen and oxygen atoms in total. The first-order chi connectivity index (χ1) is 10.6. The lowest BCUT2D eigenvalue weighted by Gasteiger charge is -2.36. The van der Waals surface area contributed by atoms with Crippen LogP contribution in [0.4, 0.5) is 17.2 Å². The second-order valence-electron chi connectivity index (χ2n) is 4.90. The molecule has 0 atom stereocenters. The summed E-state index contributed by atoms with van der Waals surface area (Å²) in [6, 6.07) is 8.63. The highest BCUT2D eigenvalue weighted by molar-refractivity contribution is 6.28. The van der Waals surface area contributed by atoms with Gasteiger partial charge in [-0.25, -0.2) is 9.97 Å². The van der Waals surface area contributed by atoms with Crippen LogP contribution in [0.2, 0.25) is 5.28 Å². The molecule has 0 spiro atoms. The molecule has 0 amide bonds. The van der Waals surface area contributed by atoms with Gasteiger partial charge in [-0.2, -0.15) is 0 Å². The van der Waals surface area contributed by atoms with Crippen LogP contribution in [0.25, 0.3) is 0 Å². The fourth-order valence-corrected chi connectivity index (χ4v) is 2.71. The fourth-order valence-electron chi connectivity index (χ4n) is 2.56. The van der Waals surface area contributed by atoms with E-state index in [1.165, 1.54) is 6.07 Å². The van der Waals surface area contributed by atoms with Crippen molar-refractivity contribution in [3.05, 3.63) is 51.9 Å². The number of aromatic nitrogens is 2. The first kappa shape index (κ1) is 14.5. The lowest BCUT2D eigenvalue weighted by Crippen LogP contribution is -2.47. The second kappa shape index (κ2) is 6.15. The molecule has 1 aromatic heterocycles. The van der Waals surface area contributed by atoms with E-state index in [1.807, 2.05) is 17.0 Å². The summed E-state index contributed by atoms with van der Waals surface area (Å²) in [7, 11) is 0. The van der Waals surface area contributed by atoms with Gasteiger partial charge in [0.15, 0.2) is 0 Å². The van der Waals surface area contributed by atoms with Gasteiger partial charge in [0.2, 0.25) is 5.28 Å². The van der Waals surface area contributed by atoms with Crippen molar-refractivity contribution in [2.45, 2.75) is 0 Å². The summed E-state index contributed by atoms with van der Waals surface area (Å²) >= 11 is 5.81. The van der Waals surface area contributed by atoms with Gasteiger partial charge >= 0.3 is 0 Å².